The first-order valence-corrected chi connectivity index (χ1v) is 9.89. The summed E-state index contributed by atoms with van der Waals surface area (Å²) in [6, 6.07) is 23.5. The molecule has 1 heterocycles. The van der Waals surface area contributed by atoms with Crippen molar-refractivity contribution in [2.45, 2.75) is 25.4 Å². The van der Waals surface area contributed by atoms with E-state index >= 15 is 0 Å². The van der Waals surface area contributed by atoms with Gasteiger partial charge in [-0.1, -0.05) is 54.6 Å². The topological polar surface area (TPSA) is 79.2 Å². The number of fused-ring (bicyclic) bond motifs is 1. The van der Waals surface area contributed by atoms with Crippen molar-refractivity contribution in [3.8, 4) is 0 Å². The first-order chi connectivity index (χ1) is 14.1. The van der Waals surface area contributed by atoms with E-state index in [0.717, 1.165) is 28.2 Å². The van der Waals surface area contributed by atoms with Crippen molar-refractivity contribution in [1.82, 2.24) is 0 Å². The quantitative estimate of drug-likeness (QED) is 0.515. The molecule has 5 N–H and O–H groups in total. The number of rotatable bonds is 6. The van der Waals surface area contributed by atoms with Crippen LogP contribution in [-0.2, 0) is 11.3 Å². The maximum atomic E-state index is 13.0. The fourth-order valence-corrected chi connectivity index (χ4v) is 3.74. The SMILES string of the molecule is Cc1ccc(NCc2ccccc2)c(NC(=O)C(N)C2CNc3ccccc32)c1. The van der Waals surface area contributed by atoms with Crippen LogP contribution in [-0.4, -0.2) is 18.5 Å². The maximum absolute atomic E-state index is 13.0. The smallest absolute Gasteiger partial charge is 0.242 e. The molecule has 0 saturated heterocycles. The van der Waals surface area contributed by atoms with Crippen molar-refractivity contribution < 1.29 is 4.79 Å². The van der Waals surface area contributed by atoms with Crippen molar-refractivity contribution in [2.75, 3.05) is 22.5 Å². The minimum Gasteiger partial charge on any atom is -0.384 e. The van der Waals surface area contributed by atoms with Crippen LogP contribution in [0.1, 0.15) is 22.6 Å². The van der Waals surface area contributed by atoms with Crippen molar-refractivity contribution in [3.05, 3.63) is 89.5 Å². The van der Waals surface area contributed by atoms with Crippen LogP contribution < -0.4 is 21.7 Å². The zero-order valence-electron chi connectivity index (χ0n) is 16.5. The molecule has 0 aromatic heterocycles. The largest absolute Gasteiger partial charge is 0.384 e. The third-order valence-electron chi connectivity index (χ3n) is 5.37. The second-order valence-electron chi connectivity index (χ2n) is 7.48. The van der Waals surface area contributed by atoms with Gasteiger partial charge in [0.25, 0.3) is 0 Å². The molecule has 1 aliphatic rings. The molecule has 5 heteroatoms. The molecule has 3 aromatic rings. The fourth-order valence-electron chi connectivity index (χ4n) is 3.74. The van der Waals surface area contributed by atoms with Gasteiger partial charge in [-0.05, 0) is 41.8 Å². The van der Waals surface area contributed by atoms with Crippen LogP contribution in [0, 0.1) is 6.92 Å². The summed E-state index contributed by atoms with van der Waals surface area (Å²) in [4.78, 5) is 13.0. The molecule has 1 amide bonds. The average molecular weight is 386 g/mol. The monoisotopic (exact) mass is 386 g/mol. The molecule has 0 saturated carbocycles. The van der Waals surface area contributed by atoms with Crippen molar-refractivity contribution in [2.24, 2.45) is 5.73 Å². The highest BCUT2D eigenvalue weighted by atomic mass is 16.2. The molecule has 1 aliphatic heterocycles. The molecule has 0 bridgehead atoms. The lowest BCUT2D eigenvalue weighted by Gasteiger charge is -2.20. The standard InChI is InChI=1S/C24H26N4O/c1-16-11-12-21(26-14-17-7-3-2-4-8-17)22(13-16)28-24(29)23(25)19-15-27-20-10-6-5-9-18(19)20/h2-13,19,23,26-27H,14-15,25H2,1H3,(H,28,29). The van der Waals surface area contributed by atoms with Gasteiger partial charge in [-0.25, -0.2) is 0 Å². The van der Waals surface area contributed by atoms with Gasteiger partial charge in [0.05, 0.1) is 17.4 Å². The van der Waals surface area contributed by atoms with E-state index in [4.69, 9.17) is 5.73 Å². The minimum atomic E-state index is -0.631. The third kappa shape index (κ3) is 4.25. The Hall–Kier alpha value is -3.31. The normalized spacial score (nSPS) is 15.9. The van der Waals surface area contributed by atoms with E-state index in [9.17, 15) is 4.79 Å². The molecular formula is C24H26N4O. The first kappa shape index (κ1) is 19.0. The number of nitrogens with one attached hydrogen (secondary N) is 3. The van der Waals surface area contributed by atoms with Crippen LogP contribution in [0.5, 0.6) is 0 Å². The number of carbonyl (C=O) groups excluding carboxylic acids is 1. The highest BCUT2D eigenvalue weighted by molar-refractivity contribution is 5.98. The van der Waals surface area contributed by atoms with Crippen molar-refractivity contribution in [1.29, 1.82) is 0 Å². The molecule has 2 atom stereocenters. The lowest BCUT2D eigenvalue weighted by molar-refractivity contribution is -0.117. The highest BCUT2D eigenvalue weighted by Crippen LogP contribution is 2.33. The number of nitrogens with two attached hydrogens (primary N) is 1. The Labute approximate surface area is 171 Å². The second-order valence-corrected chi connectivity index (χ2v) is 7.48. The van der Waals surface area contributed by atoms with Crippen LogP contribution in [0.15, 0.2) is 72.8 Å². The molecule has 0 radical (unpaired) electrons. The number of para-hydroxylation sites is 1. The van der Waals surface area contributed by atoms with Gasteiger partial charge in [-0.3, -0.25) is 4.79 Å². The fraction of sp³-hybridized carbons (Fsp3) is 0.208. The summed E-state index contributed by atoms with van der Waals surface area (Å²) < 4.78 is 0. The van der Waals surface area contributed by atoms with Crippen molar-refractivity contribution in [3.63, 3.8) is 0 Å². The number of hydrogen-bond acceptors (Lipinski definition) is 4. The molecule has 29 heavy (non-hydrogen) atoms. The zero-order chi connectivity index (χ0) is 20.2. The number of amides is 1. The van der Waals surface area contributed by atoms with E-state index in [-0.39, 0.29) is 11.8 Å². The molecule has 0 spiro atoms. The van der Waals surface area contributed by atoms with E-state index in [0.29, 0.717) is 13.1 Å². The molecule has 0 fully saturated rings. The number of hydrogen-bond donors (Lipinski definition) is 4. The Morgan fingerprint density at radius 1 is 1.07 bits per heavy atom. The van der Waals surface area contributed by atoms with E-state index in [2.05, 4.69) is 28.1 Å². The maximum Gasteiger partial charge on any atom is 0.242 e. The lowest BCUT2D eigenvalue weighted by atomic mass is 9.93. The summed E-state index contributed by atoms with van der Waals surface area (Å²) in [6.45, 7) is 3.35. The van der Waals surface area contributed by atoms with Gasteiger partial charge in [0, 0.05) is 24.7 Å². The van der Waals surface area contributed by atoms with E-state index in [1.807, 2.05) is 67.6 Å². The summed E-state index contributed by atoms with van der Waals surface area (Å²) in [5.74, 6) is -0.224. The number of aryl methyl sites for hydroxylation is 1. The van der Waals surface area contributed by atoms with Crippen LogP contribution in [0.2, 0.25) is 0 Å². The summed E-state index contributed by atoms with van der Waals surface area (Å²) in [5, 5.41) is 9.80. The van der Waals surface area contributed by atoms with E-state index in [1.54, 1.807) is 0 Å². The number of benzene rings is 3. The Morgan fingerprint density at radius 3 is 2.66 bits per heavy atom. The van der Waals surface area contributed by atoms with Gasteiger partial charge in [0.15, 0.2) is 0 Å². The predicted octanol–water partition coefficient (Wildman–Crippen LogP) is 4.08. The second kappa shape index (κ2) is 8.37. The zero-order valence-corrected chi connectivity index (χ0v) is 16.5. The van der Waals surface area contributed by atoms with Gasteiger partial charge in [-0.2, -0.15) is 0 Å². The van der Waals surface area contributed by atoms with Gasteiger partial charge < -0.3 is 21.7 Å². The molecule has 4 rings (SSSR count). The Bertz CT molecular complexity index is 1000. The Morgan fingerprint density at radius 2 is 1.83 bits per heavy atom. The molecule has 2 unspecified atom stereocenters. The van der Waals surface area contributed by atoms with Crippen molar-refractivity contribution >= 4 is 23.0 Å². The Balaban J connectivity index is 1.48. The molecule has 3 aromatic carbocycles. The van der Waals surface area contributed by atoms with Crippen LogP contribution in [0.3, 0.4) is 0 Å². The summed E-state index contributed by atoms with van der Waals surface area (Å²) >= 11 is 0. The van der Waals surface area contributed by atoms with E-state index in [1.165, 1.54) is 5.56 Å². The first-order valence-electron chi connectivity index (χ1n) is 9.89. The van der Waals surface area contributed by atoms with Crippen LogP contribution in [0.25, 0.3) is 0 Å². The lowest BCUT2D eigenvalue weighted by Crippen LogP contribution is -2.41. The average Bonchev–Trinajstić information content (AvgIpc) is 3.17. The van der Waals surface area contributed by atoms with Gasteiger partial charge in [0.2, 0.25) is 5.91 Å². The number of carbonyl (C=O) groups is 1. The highest BCUT2D eigenvalue weighted by Gasteiger charge is 2.31. The van der Waals surface area contributed by atoms with E-state index < -0.39 is 6.04 Å². The van der Waals surface area contributed by atoms with Gasteiger partial charge in [-0.15, -0.1) is 0 Å². The summed E-state index contributed by atoms with van der Waals surface area (Å²) in [6.07, 6.45) is 0. The van der Waals surface area contributed by atoms with Crippen LogP contribution >= 0.6 is 0 Å². The molecule has 5 nitrogen and oxygen atoms in total. The summed E-state index contributed by atoms with van der Waals surface area (Å²) in [7, 11) is 0. The third-order valence-corrected chi connectivity index (χ3v) is 5.37. The molecule has 148 valence electrons. The summed E-state index contributed by atoms with van der Waals surface area (Å²) in [5.41, 5.74) is 12.4. The van der Waals surface area contributed by atoms with Gasteiger partial charge in [0.1, 0.15) is 0 Å². The number of anilines is 3. The van der Waals surface area contributed by atoms with Gasteiger partial charge >= 0.3 is 0 Å². The van der Waals surface area contributed by atoms with Crippen LogP contribution in [0.4, 0.5) is 17.1 Å². The molecule has 0 aliphatic carbocycles. The molecular weight excluding hydrogens is 360 g/mol. The Kier molecular flexibility index (Phi) is 5.49. The minimum absolute atomic E-state index is 0.0447. The predicted molar refractivity (Wildman–Crippen MR) is 119 cm³/mol.